The van der Waals surface area contributed by atoms with Gasteiger partial charge in [-0.25, -0.2) is 0 Å². The number of ether oxygens (including phenoxy) is 1. The van der Waals surface area contributed by atoms with Crippen LogP contribution in [-0.2, 0) is 9.53 Å². The molecule has 1 aliphatic heterocycles. The standard InChI is InChI=1S/C15H30N2O2/c1-11(2)14(15(18)19-4)17-12(3)10-13-8-6-5-7-9-16-13/h11-14,16-17H,5-10H2,1-4H3/t12?,13?,14-/m0/s1. The van der Waals surface area contributed by atoms with E-state index in [4.69, 9.17) is 4.74 Å². The SMILES string of the molecule is COC(=O)[C@@H](NC(C)CC1CCCCCN1)C(C)C. The number of carbonyl (C=O) groups is 1. The normalized spacial score (nSPS) is 23.7. The molecule has 0 spiro atoms. The highest BCUT2D eigenvalue weighted by molar-refractivity contribution is 5.75. The summed E-state index contributed by atoms with van der Waals surface area (Å²) < 4.78 is 4.87. The molecule has 4 nitrogen and oxygen atoms in total. The molecule has 0 aromatic carbocycles. The molecular weight excluding hydrogens is 240 g/mol. The van der Waals surface area contributed by atoms with E-state index in [1.165, 1.54) is 32.8 Å². The highest BCUT2D eigenvalue weighted by atomic mass is 16.5. The lowest BCUT2D eigenvalue weighted by Gasteiger charge is -2.27. The van der Waals surface area contributed by atoms with E-state index in [9.17, 15) is 4.79 Å². The van der Waals surface area contributed by atoms with Crippen molar-refractivity contribution < 1.29 is 9.53 Å². The van der Waals surface area contributed by atoms with Gasteiger partial charge >= 0.3 is 5.97 Å². The Morgan fingerprint density at radius 2 is 2.05 bits per heavy atom. The fourth-order valence-corrected chi connectivity index (χ4v) is 2.76. The number of hydrogen-bond acceptors (Lipinski definition) is 4. The first-order chi connectivity index (χ1) is 9.04. The summed E-state index contributed by atoms with van der Waals surface area (Å²) in [4.78, 5) is 11.7. The van der Waals surface area contributed by atoms with Gasteiger partial charge in [-0.15, -0.1) is 0 Å². The molecule has 1 aliphatic rings. The molecule has 2 unspecified atom stereocenters. The molecule has 112 valence electrons. The van der Waals surface area contributed by atoms with Crippen molar-refractivity contribution in [3.63, 3.8) is 0 Å². The maximum absolute atomic E-state index is 11.7. The first-order valence-corrected chi connectivity index (χ1v) is 7.61. The Hall–Kier alpha value is -0.610. The van der Waals surface area contributed by atoms with Crippen LogP contribution in [0.5, 0.6) is 0 Å². The van der Waals surface area contributed by atoms with Gasteiger partial charge in [0.2, 0.25) is 0 Å². The molecule has 0 bridgehead atoms. The predicted molar refractivity (Wildman–Crippen MR) is 78.1 cm³/mol. The molecule has 0 amide bonds. The summed E-state index contributed by atoms with van der Waals surface area (Å²) in [5.74, 6) is 0.0904. The van der Waals surface area contributed by atoms with Crippen molar-refractivity contribution in [3.8, 4) is 0 Å². The smallest absolute Gasteiger partial charge is 0.323 e. The third-order valence-corrected chi connectivity index (χ3v) is 3.89. The first-order valence-electron chi connectivity index (χ1n) is 7.61. The Morgan fingerprint density at radius 1 is 1.32 bits per heavy atom. The van der Waals surface area contributed by atoms with Crippen molar-refractivity contribution >= 4 is 5.97 Å². The quantitative estimate of drug-likeness (QED) is 0.726. The van der Waals surface area contributed by atoms with Crippen LogP contribution in [0.2, 0.25) is 0 Å². The Balaban J connectivity index is 2.42. The number of hydrogen-bond donors (Lipinski definition) is 2. The zero-order chi connectivity index (χ0) is 14.3. The number of methoxy groups -OCH3 is 1. The van der Waals surface area contributed by atoms with Crippen LogP contribution in [0.25, 0.3) is 0 Å². The van der Waals surface area contributed by atoms with Crippen molar-refractivity contribution in [1.29, 1.82) is 0 Å². The molecule has 0 aromatic rings. The Bertz CT molecular complexity index is 261. The molecule has 0 saturated carbocycles. The van der Waals surface area contributed by atoms with E-state index >= 15 is 0 Å². The molecular formula is C15H30N2O2. The van der Waals surface area contributed by atoms with Crippen molar-refractivity contribution in [2.24, 2.45) is 5.92 Å². The second-order valence-electron chi connectivity index (χ2n) is 6.05. The van der Waals surface area contributed by atoms with Gasteiger partial charge in [-0.2, -0.15) is 0 Å². The average Bonchev–Trinajstić information content (AvgIpc) is 2.63. The van der Waals surface area contributed by atoms with Crippen molar-refractivity contribution in [2.45, 2.75) is 71.0 Å². The van der Waals surface area contributed by atoms with Crippen LogP contribution in [-0.4, -0.2) is 37.7 Å². The van der Waals surface area contributed by atoms with Crippen LogP contribution >= 0.6 is 0 Å². The van der Waals surface area contributed by atoms with Gasteiger partial charge in [-0.05, 0) is 38.6 Å². The molecule has 3 atom stereocenters. The fraction of sp³-hybridized carbons (Fsp3) is 0.933. The highest BCUT2D eigenvalue weighted by Gasteiger charge is 2.25. The molecule has 0 aliphatic carbocycles. The summed E-state index contributed by atoms with van der Waals surface area (Å²) in [6, 6.07) is 0.698. The molecule has 19 heavy (non-hydrogen) atoms. The zero-order valence-electron chi connectivity index (χ0n) is 12.9. The van der Waals surface area contributed by atoms with Crippen molar-refractivity contribution in [2.75, 3.05) is 13.7 Å². The lowest BCUT2D eigenvalue weighted by Crippen LogP contribution is -2.48. The van der Waals surface area contributed by atoms with Crippen LogP contribution in [0.15, 0.2) is 0 Å². The Morgan fingerprint density at radius 3 is 2.68 bits per heavy atom. The number of nitrogens with one attached hydrogen (secondary N) is 2. The van der Waals surface area contributed by atoms with E-state index in [0.717, 1.165) is 13.0 Å². The number of rotatable bonds is 6. The summed E-state index contributed by atoms with van der Waals surface area (Å²) in [6.45, 7) is 7.38. The summed E-state index contributed by atoms with van der Waals surface area (Å²) in [5.41, 5.74) is 0. The summed E-state index contributed by atoms with van der Waals surface area (Å²) in [5, 5.41) is 7.02. The van der Waals surface area contributed by atoms with Gasteiger partial charge in [-0.1, -0.05) is 26.7 Å². The van der Waals surface area contributed by atoms with E-state index < -0.39 is 0 Å². The van der Waals surface area contributed by atoms with E-state index in [2.05, 4.69) is 17.6 Å². The van der Waals surface area contributed by atoms with Crippen LogP contribution in [0, 0.1) is 5.92 Å². The van der Waals surface area contributed by atoms with Gasteiger partial charge in [0.1, 0.15) is 6.04 Å². The predicted octanol–water partition coefficient (Wildman–Crippen LogP) is 2.08. The molecule has 0 aromatic heterocycles. The third-order valence-electron chi connectivity index (χ3n) is 3.89. The van der Waals surface area contributed by atoms with E-state index in [0.29, 0.717) is 12.1 Å². The van der Waals surface area contributed by atoms with Crippen LogP contribution < -0.4 is 10.6 Å². The van der Waals surface area contributed by atoms with Gasteiger partial charge in [0.05, 0.1) is 7.11 Å². The van der Waals surface area contributed by atoms with Gasteiger partial charge in [0, 0.05) is 12.1 Å². The molecule has 2 N–H and O–H groups in total. The van der Waals surface area contributed by atoms with E-state index in [1.807, 2.05) is 13.8 Å². The minimum Gasteiger partial charge on any atom is -0.468 e. The summed E-state index contributed by atoms with van der Waals surface area (Å²) >= 11 is 0. The van der Waals surface area contributed by atoms with Crippen LogP contribution in [0.1, 0.15) is 52.9 Å². The van der Waals surface area contributed by atoms with E-state index in [-0.39, 0.29) is 17.9 Å². The monoisotopic (exact) mass is 270 g/mol. The largest absolute Gasteiger partial charge is 0.468 e. The fourth-order valence-electron chi connectivity index (χ4n) is 2.76. The summed E-state index contributed by atoms with van der Waals surface area (Å²) in [7, 11) is 1.46. The maximum atomic E-state index is 11.7. The molecule has 1 fully saturated rings. The average molecular weight is 270 g/mol. The molecule has 4 heteroatoms. The van der Waals surface area contributed by atoms with Crippen molar-refractivity contribution in [1.82, 2.24) is 10.6 Å². The number of esters is 1. The van der Waals surface area contributed by atoms with Gasteiger partial charge in [-0.3, -0.25) is 4.79 Å². The maximum Gasteiger partial charge on any atom is 0.323 e. The van der Waals surface area contributed by atoms with E-state index in [1.54, 1.807) is 0 Å². The van der Waals surface area contributed by atoms with Gasteiger partial charge < -0.3 is 15.4 Å². The topological polar surface area (TPSA) is 50.4 Å². The first kappa shape index (κ1) is 16.4. The molecule has 1 heterocycles. The van der Waals surface area contributed by atoms with Gasteiger partial charge in [0.25, 0.3) is 0 Å². The van der Waals surface area contributed by atoms with Crippen LogP contribution in [0.3, 0.4) is 0 Å². The lowest BCUT2D eigenvalue weighted by atomic mass is 9.99. The Labute approximate surface area is 117 Å². The highest BCUT2D eigenvalue weighted by Crippen LogP contribution is 2.14. The zero-order valence-corrected chi connectivity index (χ0v) is 12.9. The van der Waals surface area contributed by atoms with Crippen molar-refractivity contribution in [3.05, 3.63) is 0 Å². The molecule has 1 rings (SSSR count). The Kier molecular flexibility index (Phi) is 7.39. The third kappa shape index (κ3) is 5.91. The number of carbonyl (C=O) groups excluding carboxylic acids is 1. The minimum atomic E-state index is -0.203. The molecule has 1 saturated heterocycles. The van der Waals surface area contributed by atoms with Crippen LogP contribution in [0.4, 0.5) is 0 Å². The second-order valence-corrected chi connectivity index (χ2v) is 6.05. The second kappa shape index (κ2) is 8.54. The lowest BCUT2D eigenvalue weighted by molar-refractivity contribution is -0.144. The van der Waals surface area contributed by atoms with Gasteiger partial charge in [0.15, 0.2) is 0 Å². The molecule has 0 radical (unpaired) electrons. The minimum absolute atomic E-state index is 0.157. The summed E-state index contributed by atoms with van der Waals surface area (Å²) in [6.07, 6.45) is 6.25.